The number of methoxy groups -OCH3 is 1. The molecule has 0 aliphatic heterocycles. The van der Waals surface area contributed by atoms with E-state index in [1.54, 1.807) is 24.4 Å². The van der Waals surface area contributed by atoms with Crippen molar-refractivity contribution in [2.45, 2.75) is 110 Å². The third-order valence-corrected chi connectivity index (χ3v) is 8.32. The van der Waals surface area contributed by atoms with Crippen molar-refractivity contribution in [2.24, 2.45) is 4.99 Å². The summed E-state index contributed by atoms with van der Waals surface area (Å²) in [5, 5.41) is 24.2. The molecule has 0 heterocycles. The molecule has 0 aliphatic carbocycles. The Morgan fingerprint density at radius 1 is 0.756 bits per heavy atom. The Bertz CT molecular complexity index is 1360. The van der Waals surface area contributed by atoms with Gasteiger partial charge in [0.15, 0.2) is 11.5 Å². The Kier molecular flexibility index (Phi) is 12.1. The minimum absolute atomic E-state index is 0.00359. The molecule has 0 radical (unpaired) electrons. The fourth-order valence-electron chi connectivity index (χ4n) is 5.20. The molecule has 0 saturated heterocycles. The lowest BCUT2D eigenvalue weighted by Crippen LogP contribution is -2.39. The summed E-state index contributed by atoms with van der Waals surface area (Å²) in [4.78, 5) is 4.91. The molecule has 3 aromatic carbocycles. The second kappa shape index (κ2) is 15.2. The summed E-state index contributed by atoms with van der Waals surface area (Å²) >= 11 is 0. The minimum atomic E-state index is -1.66. The first-order valence-electron chi connectivity index (χ1n) is 16.4. The van der Waals surface area contributed by atoms with Gasteiger partial charge in [0.1, 0.15) is 17.1 Å². The van der Waals surface area contributed by atoms with Gasteiger partial charge in [-0.2, -0.15) is 0 Å². The molecule has 3 aromatic rings. The molecule has 1 atom stereocenters. The smallest absolute Gasteiger partial charge is 0.166 e. The zero-order valence-corrected chi connectivity index (χ0v) is 29.2. The second-order valence-corrected chi connectivity index (χ2v) is 13.9. The number of nitrogens with zero attached hydrogens (tertiary/aromatic N) is 1. The van der Waals surface area contributed by atoms with E-state index in [-0.39, 0.29) is 16.6 Å². The zero-order chi connectivity index (χ0) is 33.4. The monoisotopic (exact) mass is 617 g/mol. The molecular formula is C39H55NO5. The van der Waals surface area contributed by atoms with Crippen LogP contribution in [0.2, 0.25) is 0 Å². The van der Waals surface area contributed by atoms with Crippen molar-refractivity contribution in [2.75, 3.05) is 20.3 Å². The number of phenolic OH excluding ortho intramolecular Hbond substituents is 1. The molecule has 6 nitrogen and oxygen atoms in total. The van der Waals surface area contributed by atoms with Gasteiger partial charge < -0.3 is 24.4 Å². The van der Waals surface area contributed by atoms with Gasteiger partial charge in [-0.3, -0.25) is 4.99 Å². The highest BCUT2D eigenvalue weighted by Crippen LogP contribution is 2.46. The molecule has 6 heteroatoms. The number of phenols is 1. The van der Waals surface area contributed by atoms with Crippen molar-refractivity contribution in [3.8, 4) is 23.0 Å². The largest absolute Gasteiger partial charge is 0.504 e. The third kappa shape index (κ3) is 8.61. The molecule has 246 valence electrons. The first-order valence-corrected chi connectivity index (χ1v) is 16.4. The van der Waals surface area contributed by atoms with E-state index in [1.807, 2.05) is 19.1 Å². The summed E-state index contributed by atoms with van der Waals surface area (Å²) in [6, 6.07) is 16.8. The van der Waals surface area contributed by atoms with Crippen LogP contribution in [-0.2, 0) is 16.4 Å². The molecule has 3 rings (SSSR count). The van der Waals surface area contributed by atoms with E-state index in [9.17, 15) is 10.2 Å². The quantitative estimate of drug-likeness (QED) is 0.139. The van der Waals surface area contributed by atoms with E-state index in [4.69, 9.17) is 19.2 Å². The van der Waals surface area contributed by atoms with E-state index in [0.29, 0.717) is 47.2 Å². The number of aliphatic imine (C=N–C) groups is 1. The maximum atomic E-state index is 13.4. The normalized spacial score (nSPS) is 13.2. The molecule has 0 spiro atoms. The lowest BCUT2D eigenvalue weighted by Gasteiger charge is -2.37. The number of aromatic hydroxyl groups is 1. The van der Waals surface area contributed by atoms with Crippen molar-refractivity contribution < 1.29 is 24.4 Å². The van der Waals surface area contributed by atoms with Gasteiger partial charge in [0, 0.05) is 22.9 Å². The van der Waals surface area contributed by atoms with Crippen molar-refractivity contribution in [1.82, 2.24) is 0 Å². The number of benzene rings is 3. The van der Waals surface area contributed by atoms with Crippen LogP contribution in [-0.4, -0.2) is 42.8 Å². The van der Waals surface area contributed by atoms with E-state index >= 15 is 0 Å². The van der Waals surface area contributed by atoms with Crippen molar-refractivity contribution in [3.63, 3.8) is 0 Å². The molecule has 0 fully saturated rings. The van der Waals surface area contributed by atoms with Crippen molar-refractivity contribution in [3.05, 3.63) is 82.4 Å². The maximum absolute atomic E-state index is 13.4. The summed E-state index contributed by atoms with van der Waals surface area (Å²) in [6.45, 7) is 20.2. The Hall–Kier alpha value is -3.51. The lowest BCUT2D eigenvalue weighted by atomic mass is 9.75. The van der Waals surface area contributed by atoms with Crippen LogP contribution < -0.4 is 14.2 Å². The van der Waals surface area contributed by atoms with E-state index < -0.39 is 11.6 Å². The zero-order valence-electron chi connectivity index (χ0n) is 29.2. The van der Waals surface area contributed by atoms with Gasteiger partial charge in [0.25, 0.3) is 0 Å². The fraction of sp³-hybridized carbons (Fsp3) is 0.513. The standard InChI is InChI=1S/C39H55NO5/c1-11-13-22-44-33-20-18-29(37(4,5)6)24-31(33)39(42,27(3)40-26-28-16-15-17-35(43-10)36(28)41)32-25-30(38(7,8)9)19-21-34(32)45-23-14-12-2/h15-21,24-27,41-42H,11-14,22-23H2,1-10H3. The van der Waals surface area contributed by atoms with Crippen LogP contribution >= 0.6 is 0 Å². The first kappa shape index (κ1) is 36.0. The van der Waals surface area contributed by atoms with Crippen molar-refractivity contribution in [1.29, 1.82) is 0 Å². The molecule has 0 amide bonds. The lowest BCUT2D eigenvalue weighted by molar-refractivity contribution is 0.0519. The molecule has 0 aliphatic rings. The van der Waals surface area contributed by atoms with Crippen molar-refractivity contribution >= 4 is 6.21 Å². The minimum Gasteiger partial charge on any atom is -0.504 e. The van der Waals surface area contributed by atoms with E-state index in [1.165, 1.54) is 7.11 Å². The topological polar surface area (TPSA) is 80.5 Å². The highest BCUT2D eigenvalue weighted by atomic mass is 16.5. The number of unbranched alkanes of at least 4 members (excludes halogenated alkanes) is 2. The number of hydrogen-bond donors (Lipinski definition) is 2. The SMILES string of the molecule is CCCCOc1ccc(C(C)(C)C)cc1C(O)(c1cc(C(C)(C)C)ccc1OCCCC)C(C)N=Cc1cccc(OC)c1O. The summed E-state index contributed by atoms with van der Waals surface area (Å²) < 4.78 is 18.1. The summed E-state index contributed by atoms with van der Waals surface area (Å²) in [7, 11) is 1.52. The number of ether oxygens (including phenoxy) is 3. The Morgan fingerprint density at radius 3 is 1.67 bits per heavy atom. The average molecular weight is 618 g/mol. The molecule has 0 bridgehead atoms. The highest BCUT2D eigenvalue weighted by molar-refractivity contribution is 5.85. The van der Waals surface area contributed by atoms with Crippen LogP contribution in [0.5, 0.6) is 23.0 Å². The number of rotatable bonds is 14. The van der Waals surface area contributed by atoms with Gasteiger partial charge in [-0.1, -0.05) is 86.4 Å². The summed E-state index contributed by atoms with van der Waals surface area (Å²) in [6.07, 6.45) is 5.38. The molecule has 2 N–H and O–H groups in total. The fourth-order valence-corrected chi connectivity index (χ4v) is 5.20. The Morgan fingerprint density at radius 2 is 1.24 bits per heavy atom. The van der Waals surface area contributed by atoms with Crippen LogP contribution in [0.4, 0.5) is 0 Å². The average Bonchev–Trinajstić information content (AvgIpc) is 2.99. The highest BCUT2D eigenvalue weighted by Gasteiger charge is 2.43. The third-order valence-electron chi connectivity index (χ3n) is 8.32. The van der Waals surface area contributed by atoms with Gasteiger partial charge in [-0.05, 0) is 78.1 Å². The van der Waals surface area contributed by atoms with Crippen LogP contribution in [0.15, 0.2) is 59.6 Å². The summed E-state index contributed by atoms with van der Waals surface area (Å²) in [5.74, 6) is 1.59. The predicted octanol–water partition coefficient (Wildman–Crippen LogP) is 9.10. The number of para-hydroxylation sites is 1. The number of aliphatic hydroxyl groups is 1. The first-order chi connectivity index (χ1) is 21.2. The Labute approximate surface area is 271 Å². The van der Waals surface area contributed by atoms with Crippen LogP contribution in [0.3, 0.4) is 0 Å². The van der Waals surface area contributed by atoms with Gasteiger partial charge >= 0.3 is 0 Å². The van der Waals surface area contributed by atoms with Gasteiger partial charge in [0.2, 0.25) is 0 Å². The van der Waals surface area contributed by atoms with E-state index in [2.05, 4.69) is 79.7 Å². The molecule has 0 saturated carbocycles. The van der Waals surface area contributed by atoms with Gasteiger partial charge in [-0.25, -0.2) is 0 Å². The Balaban J connectivity index is 2.38. The van der Waals surface area contributed by atoms with Crippen LogP contribution in [0, 0.1) is 0 Å². The van der Waals surface area contributed by atoms with E-state index in [0.717, 1.165) is 36.8 Å². The maximum Gasteiger partial charge on any atom is 0.166 e. The summed E-state index contributed by atoms with van der Waals surface area (Å²) in [5.41, 5.74) is 1.90. The molecule has 1 unspecified atom stereocenters. The van der Waals surface area contributed by atoms with Crippen LogP contribution in [0.1, 0.15) is 116 Å². The van der Waals surface area contributed by atoms with Crippen LogP contribution in [0.25, 0.3) is 0 Å². The molecule has 45 heavy (non-hydrogen) atoms. The molecule has 0 aromatic heterocycles. The number of hydrogen-bond acceptors (Lipinski definition) is 6. The van der Waals surface area contributed by atoms with Gasteiger partial charge in [0.05, 0.1) is 26.4 Å². The second-order valence-electron chi connectivity index (χ2n) is 13.9. The van der Waals surface area contributed by atoms with Gasteiger partial charge in [-0.15, -0.1) is 0 Å². The molecular weight excluding hydrogens is 562 g/mol. The predicted molar refractivity (Wildman–Crippen MR) is 186 cm³/mol.